The van der Waals surface area contributed by atoms with E-state index in [1.54, 1.807) is 24.3 Å². The van der Waals surface area contributed by atoms with Gasteiger partial charge in [0, 0.05) is 0 Å². The van der Waals surface area contributed by atoms with Crippen molar-refractivity contribution in [1.82, 2.24) is 0 Å². The predicted octanol–water partition coefficient (Wildman–Crippen LogP) is 4.33. The smallest absolute Gasteiger partial charge is 0.198 e. The summed E-state index contributed by atoms with van der Waals surface area (Å²) in [6.07, 6.45) is -2.79. The van der Waals surface area contributed by atoms with E-state index in [1.807, 2.05) is 60.7 Å². The van der Waals surface area contributed by atoms with Crippen molar-refractivity contribution >= 4 is 27.3 Å². The second kappa shape index (κ2) is 6.71. The lowest BCUT2D eigenvalue weighted by molar-refractivity contribution is -0.136. The molecule has 26 heavy (non-hydrogen) atoms. The second-order valence-corrected chi connectivity index (χ2v) is 6.34. The maximum atomic E-state index is 12.8. The largest absolute Gasteiger partial charge is 0.380 e. The van der Waals surface area contributed by atoms with Gasteiger partial charge in [-0.25, -0.2) is 0 Å². The zero-order valence-corrected chi connectivity index (χ0v) is 14.0. The summed E-state index contributed by atoms with van der Waals surface area (Å²) in [7, 11) is 0. The van der Waals surface area contributed by atoms with Crippen molar-refractivity contribution in [2.24, 2.45) is 0 Å². The summed E-state index contributed by atoms with van der Waals surface area (Å²) < 4.78 is 0. The first-order chi connectivity index (χ1) is 12.7. The van der Waals surface area contributed by atoms with Crippen molar-refractivity contribution in [3.05, 3.63) is 96.1 Å². The van der Waals surface area contributed by atoms with E-state index in [4.69, 9.17) is 0 Å². The van der Waals surface area contributed by atoms with Crippen LogP contribution in [0.1, 0.15) is 23.3 Å². The maximum absolute atomic E-state index is 12.8. The molecule has 2 N–H and O–H groups in total. The average molecular weight is 342 g/mol. The van der Waals surface area contributed by atoms with Gasteiger partial charge >= 0.3 is 0 Å². The van der Waals surface area contributed by atoms with Crippen LogP contribution in [0.5, 0.6) is 0 Å². The van der Waals surface area contributed by atoms with Crippen molar-refractivity contribution in [2.45, 2.75) is 12.2 Å². The van der Waals surface area contributed by atoms with E-state index in [-0.39, 0.29) is 0 Å². The summed E-state index contributed by atoms with van der Waals surface area (Å²) in [5, 5.41) is 24.9. The number of aliphatic hydroxyl groups is 2. The van der Waals surface area contributed by atoms with Crippen LogP contribution >= 0.6 is 0 Å². The highest BCUT2D eigenvalue weighted by atomic mass is 16.3. The summed E-state index contributed by atoms with van der Waals surface area (Å²) in [5.74, 6) is -0.627. The highest BCUT2D eigenvalue weighted by Gasteiger charge is 2.28. The molecule has 0 radical (unpaired) electrons. The zero-order valence-electron chi connectivity index (χ0n) is 14.0. The molecule has 0 spiro atoms. The van der Waals surface area contributed by atoms with Gasteiger partial charge in [-0.2, -0.15) is 0 Å². The highest BCUT2D eigenvalue weighted by molar-refractivity contribution is 5.98. The van der Waals surface area contributed by atoms with E-state index >= 15 is 0 Å². The Bertz CT molecular complexity index is 1000. The minimum absolute atomic E-state index is 0.507. The molecule has 0 aromatic heterocycles. The number of hydrogen-bond donors (Lipinski definition) is 2. The third kappa shape index (κ3) is 2.77. The van der Waals surface area contributed by atoms with Crippen LogP contribution in [-0.4, -0.2) is 16.0 Å². The molecule has 0 bridgehead atoms. The Balaban J connectivity index is 1.74. The molecular formula is C23H18O3. The van der Waals surface area contributed by atoms with Gasteiger partial charge in [-0.05, 0) is 32.7 Å². The number of ketones is 1. The van der Waals surface area contributed by atoms with E-state index in [1.165, 1.54) is 0 Å². The van der Waals surface area contributed by atoms with Gasteiger partial charge in [0.25, 0.3) is 0 Å². The number of fused-ring (bicyclic) bond motifs is 2. The standard InChI is InChI=1S/C23H18O3/c24-21(19-13-5-9-15-7-1-3-11-17(15)19)23(26)22(25)20-14-6-10-16-8-2-4-12-18(16)20/h1-14,21-22,24-25H. The molecule has 3 heteroatoms. The molecule has 4 rings (SSSR count). The van der Waals surface area contributed by atoms with Crippen LogP contribution in [0.25, 0.3) is 21.5 Å². The van der Waals surface area contributed by atoms with E-state index in [0.717, 1.165) is 21.5 Å². The Morgan fingerprint density at radius 3 is 1.42 bits per heavy atom. The topological polar surface area (TPSA) is 57.5 Å². The van der Waals surface area contributed by atoms with Crippen molar-refractivity contribution in [1.29, 1.82) is 0 Å². The van der Waals surface area contributed by atoms with E-state index in [2.05, 4.69) is 0 Å². The number of aliphatic hydroxyl groups excluding tert-OH is 2. The third-order valence-electron chi connectivity index (χ3n) is 4.77. The molecule has 0 heterocycles. The lowest BCUT2D eigenvalue weighted by Gasteiger charge is -2.18. The Labute approximate surface area is 151 Å². The van der Waals surface area contributed by atoms with Crippen LogP contribution in [0.2, 0.25) is 0 Å². The fourth-order valence-corrected chi connectivity index (χ4v) is 3.43. The summed E-state index contributed by atoms with van der Waals surface area (Å²) in [6, 6.07) is 26.0. The van der Waals surface area contributed by atoms with Crippen LogP contribution in [0.15, 0.2) is 84.9 Å². The summed E-state index contributed by atoms with van der Waals surface area (Å²) >= 11 is 0. The van der Waals surface area contributed by atoms with Gasteiger partial charge in [-0.3, -0.25) is 4.79 Å². The van der Waals surface area contributed by atoms with Crippen LogP contribution in [0, 0.1) is 0 Å². The van der Waals surface area contributed by atoms with Crippen molar-refractivity contribution in [2.75, 3.05) is 0 Å². The fourth-order valence-electron chi connectivity index (χ4n) is 3.43. The monoisotopic (exact) mass is 342 g/mol. The molecule has 4 aromatic carbocycles. The van der Waals surface area contributed by atoms with Crippen molar-refractivity contribution in [3.8, 4) is 0 Å². The minimum atomic E-state index is -1.39. The molecule has 0 aliphatic heterocycles. The SMILES string of the molecule is O=C(C(O)c1cccc2ccccc12)C(O)c1cccc2ccccc12. The lowest BCUT2D eigenvalue weighted by Crippen LogP contribution is -2.20. The van der Waals surface area contributed by atoms with Gasteiger partial charge in [0.05, 0.1) is 0 Å². The highest BCUT2D eigenvalue weighted by Crippen LogP contribution is 2.31. The van der Waals surface area contributed by atoms with Crippen LogP contribution in [0.3, 0.4) is 0 Å². The Morgan fingerprint density at radius 2 is 0.962 bits per heavy atom. The predicted molar refractivity (Wildman–Crippen MR) is 103 cm³/mol. The first-order valence-electron chi connectivity index (χ1n) is 8.52. The maximum Gasteiger partial charge on any atom is 0.198 e. The van der Waals surface area contributed by atoms with E-state index in [9.17, 15) is 15.0 Å². The van der Waals surface area contributed by atoms with Crippen LogP contribution in [-0.2, 0) is 4.79 Å². The summed E-state index contributed by atoms with van der Waals surface area (Å²) in [6.45, 7) is 0. The zero-order chi connectivity index (χ0) is 18.1. The molecule has 2 unspecified atom stereocenters. The van der Waals surface area contributed by atoms with Gasteiger partial charge in [0.15, 0.2) is 5.78 Å². The molecule has 3 nitrogen and oxygen atoms in total. The van der Waals surface area contributed by atoms with Crippen molar-refractivity contribution < 1.29 is 15.0 Å². The number of carbonyl (C=O) groups is 1. The van der Waals surface area contributed by atoms with Crippen molar-refractivity contribution in [3.63, 3.8) is 0 Å². The molecule has 0 amide bonds. The Hall–Kier alpha value is -3.01. The molecule has 2 atom stereocenters. The Kier molecular flexibility index (Phi) is 4.25. The van der Waals surface area contributed by atoms with Crippen LogP contribution in [0.4, 0.5) is 0 Å². The van der Waals surface area contributed by atoms with Gasteiger partial charge in [0.2, 0.25) is 0 Å². The summed E-state index contributed by atoms with van der Waals surface area (Å²) in [4.78, 5) is 12.8. The van der Waals surface area contributed by atoms with Gasteiger partial charge in [-0.15, -0.1) is 0 Å². The normalized spacial score (nSPS) is 13.6. The molecule has 0 saturated heterocycles. The van der Waals surface area contributed by atoms with Gasteiger partial charge in [-0.1, -0.05) is 84.9 Å². The molecule has 0 aliphatic carbocycles. The van der Waals surface area contributed by atoms with Gasteiger partial charge in [0.1, 0.15) is 12.2 Å². The van der Waals surface area contributed by atoms with Crippen LogP contribution < -0.4 is 0 Å². The second-order valence-electron chi connectivity index (χ2n) is 6.34. The van der Waals surface area contributed by atoms with E-state index in [0.29, 0.717) is 11.1 Å². The van der Waals surface area contributed by atoms with E-state index < -0.39 is 18.0 Å². The average Bonchev–Trinajstić information content (AvgIpc) is 2.71. The number of hydrogen-bond acceptors (Lipinski definition) is 3. The molecule has 0 aliphatic rings. The minimum Gasteiger partial charge on any atom is -0.380 e. The number of benzene rings is 4. The fraction of sp³-hybridized carbons (Fsp3) is 0.0870. The summed E-state index contributed by atoms with van der Waals surface area (Å²) in [5.41, 5.74) is 1.01. The molecule has 128 valence electrons. The molecule has 0 fully saturated rings. The quantitative estimate of drug-likeness (QED) is 0.580. The first kappa shape index (κ1) is 16.5. The molecule has 4 aromatic rings. The molecule has 0 saturated carbocycles. The molecular weight excluding hydrogens is 324 g/mol. The first-order valence-corrected chi connectivity index (χ1v) is 8.52. The number of Topliss-reactive ketones (excluding diaryl/α,β-unsaturated/α-hetero) is 1. The number of carbonyl (C=O) groups excluding carboxylic acids is 1. The third-order valence-corrected chi connectivity index (χ3v) is 4.77. The lowest BCUT2D eigenvalue weighted by atomic mass is 9.92. The van der Waals surface area contributed by atoms with Gasteiger partial charge < -0.3 is 10.2 Å². The Morgan fingerprint density at radius 1 is 0.577 bits per heavy atom. The number of rotatable bonds is 4.